The third-order valence-electron chi connectivity index (χ3n) is 3.04. The van der Waals surface area contributed by atoms with E-state index in [0.717, 1.165) is 17.1 Å². The van der Waals surface area contributed by atoms with Crippen LogP contribution >= 0.6 is 39.3 Å². The molecule has 0 N–H and O–H groups in total. The van der Waals surface area contributed by atoms with Crippen LogP contribution in [-0.2, 0) is 21.8 Å². The van der Waals surface area contributed by atoms with Crippen molar-refractivity contribution in [2.75, 3.05) is 37.4 Å². The second kappa shape index (κ2) is 8.10. The van der Waals surface area contributed by atoms with Gasteiger partial charge in [0, 0.05) is 18.0 Å². The summed E-state index contributed by atoms with van der Waals surface area (Å²) in [6, 6.07) is 3.35. The number of thiol groups is 1. The Balaban J connectivity index is 2.48. The monoisotopic (exact) mass is 459 g/mol. The van der Waals surface area contributed by atoms with Gasteiger partial charge in [-0.15, -0.1) is 0 Å². The van der Waals surface area contributed by atoms with Crippen LogP contribution in [0.3, 0.4) is 0 Å². The number of thioether (sulfide) groups is 1. The number of aromatic nitrogens is 1. The van der Waals surface area contributed by atoms with E-state index < -0.39 is 12.3 Å². The molecule has 0 aliphatic rings. The summed E-state index contributed by atoms with van der Waals surface area (Å²) in [5.41, 5.74) is 0.884. The van der Waals surface area contributed by atoms with Crippen molar-refractivity contribution in [3.8, 4) is 0 Å². The largest absolute Gasteiger partial charge is 0.468 e. The van der Waals surface area contributed by atoms with Crippen molar-refractivity contribution in [3.05, 3.63) is 34.2 Å². The number of nitrogens with zero attached hydrogens (tertiary/aromatic N) is 1. The van der Waals surface area contributed by atoms with Crippen molar-refractivity contribution >= 4 is 45.3 Å². The number of hydrogen-bond donors (Lipinski definition) is 1. The Morgan fingerprint density at radius 2 is 2.05 bits per heavy atom. The van der Waals surface area contributed by atoms with E-state index in [9.17, 15) is 9.59 Å². The van der Waals surface area contributed by atoms with Crippen molar-refractivity contribution in [1.82, 2.24) is 4.57 Å². The van der Waals surface area contributed by atoms with Crippen molar-refractivity contribution in [2.24, 2.45) is 0 Å². The Morgan fingerprint density at radius 3 is 2.64 bits per heavy atom. The van der Waals surface area contributed by atoms with Crippen molar-refractivity contribution in [3.63, 3.8) is 0 Å². The first-order chi connectivity index (χ1) is 10.1. The van der Waals surface area contributed by atoms with E-state index >= 15 is 0 Å². The van der Waals surface area contributed by atoms with Crippen molar-refractivity contribution in [1.29, 1.82) is 0 Å². The molecular formula is C15H26INO3S2. The highest BCUT2D eigenvalue weighted by atomic mass is 127. The predicted octanol–water partition coefficient (Wildman–Crippen LogP) is 2.96. The highest BCUT2D eigenvalue weighted by Crippen LogP contribution is 2.67. The summed E-state index contributed by atoms with van der Waals surface area (Å²) >= 11 is 4.51. The molecule has 0 spiro atoms. The van der Waals surface area contributed by atoms with Crippen LogP contribution in [0.25, 0.3) is 0 Å². The van der Waals surface area contributed by atoms with Crippen LogP contribution < -0.4 is 5.56 Å². The molecule has 4 nitrogen and oxygen atoms in total. The van der Waals surface area contributed by atoms with Crippen LogP contribution in [0.5, 0.6) is 0 Å². The second-order valence-electron chi connectivity index (χ2n) is 6.63. The zero-order valence-electron chi connectivity index (χ0n) is 13.7. The van der Waals surface area contributed by atoms with Crippen LogP contribution in [-0.4, -0.2) is 47.9 Å². The molecule has 0 unspecified atom stereocenters. The summed E-state index contributed by atoms with van der Waals surface area (Å²) in [6.07, 6.45) is 8.71. The molecular weight excluding hydrogens is 433 g/mol. The average Bonchev–Trinajstić information content (AvgIpc) is 2.39. The van der Waals surface area contributed by atoms with Gasteiger partial charge in [0.15, 0.2) is 0 Å². The van der Waals surface area contributed by atoms with E-state index in [4.69, 9.17) is 0 Å². The fourth-order valence-electron chi connectivity index (χ4n) is 1.88. The lowest BCUT2D eigenvalue weighted by molar-refractivity contribution is -0.141. The fourth-order valence-corrected chi connectivity index (χ4v) is 5.25. The molecule has 0 aliphatic carbocycles. The van der Waals surface area contributed by atoms with Crippen LogP contribution in [0.1, 0.15) is 12.0 Å². The van der Waals surface area contributed by atoms with E-state index in [1.54, 1.807) is 6.20 Å². The number of carbonyl (C=O) groups excluding carboxylic acids is 1. The fraction of sp³-hybridized carbons (Fsp3) is 0.600. The lowest BCUT2D eigenvalue weighted by atomic mass is 10.3. The van der Waals surface area contributed by atoms with Gasteiger partial charge in [-0.25, -0.2) is 6.33 Å². The normalized spacial score (nSPS) is 13.4. The minimum Gasteiger partial charge on any atom is -0.468 e. The number of esters is 1. The molecule has 1 rings (SSSR count). The molecule has 0 saturated heterocycles. The maximum Gasteiger partial charge on any atom is 0.325 e. The van der Waals surface area contributed by atoms with Crippen LogP contribution in [0.4, 0.5) is 0 Å². The van der Waals surface area contributed by atoms with Crippen LogP contribution in [0.15, 0.2) is 23.1 Å². The number of halogens is 1. The molecule has 0 bridgehead atoms. The molecule has 0 saturated carbocycles. The Hall–Kier alpha value is -0.150. The summed E-state index contributed by atoms with van der Waals surface area (Å²) in [5, 5.41) is 0. The first-order valence-electron chi connectivity index (χ1n) is 7.13. The van der Waals surface area contributed by atoms with Gasteiger partial charge in [-0.2, -0.15) is 11.8 Å². The molecule has 0 radical (unpaired) electrons. The third-order valence-corrected chi connectivity index (χ3v) is 7.43. The van der Waals surface area contributed by atoms with Gasteiger partial charge in [-0.3, -0.25) is 9.59 Å². The van der Waals surface area contributed by atoms with Gasteiger partial charge >= 0.3 is 5.97 Å². The minimum atomic E-state index is -1.42. The number of carbonyl (C=O) groups is 1. The summed E-state index contributed by atoms with van der Waals surface area (Å²) in [7, 11) is 1.32. The topological polar surface area (TPSA) is 48.3 Å². The second-order valence-corrected chi connectivity index (χ2v) is 24.7. The predicted molar refractivity (Wildman–Crippen MR) is 109 cm³/mol. The lowest BCUT2D eigenvalue weighted by Crippen LogP contribution is -2.24. The van der Waals surface area contributed by atoms with Crippen molar-refractivity contribution < 1.29 is 9.53 Å². The minimum absolute atomic E-state index is 0.0290. The van der Waals surface area contributed by atoms with E-state index in [-0.39, 0.29) is 12.1 Å². The van der Waals surface area contributed by atoms with Crippen LogP contribution in [0.2, 0.25) is 0 Å². The molecule has 22 heavy (non-hydrogen) atoms. The Kier molecular flexibility index (Phi) is 7.32. The van der Waals surface area contributed by atoms with Gasteiger partial charge in [0.25, 0.3) is 5.56 Å². The SMILES string of the molecule is COC(=O)Cn1cc(CSCCC[SH](C)(C)(C)I)ccc1=O. The molecule has 0 fully saturated rings. The Labute approximate surface area is 149 Å². The summed E-state index contributed by atoms with van der Waals surface area (Å²) < 4.78 is 6.01. The van der Waals surface area contributed by atoms with Gasteiger partial charge in [-0.05, 0) is 63.5 Å². The van der Waals surface area contributed by atoms with Gasteiger partial charge in [0.05, 0.1) is 7.11 Å². The smallest absolute Gasteiger partial charge is 0.325 e. The average molecular weight is 459 g/mol. The molecule has 128 valence electrons. The zero-order chi connectivity index (χ0) is 16.8. The molecule has 7 heteroatoms. The van der Waals surface area contributed by atoms with E-state index in [0.29, 0.717) is 0 Å². The molecule has 1 aromatic heterocycles. The Bertz CT molecular complexity index is 569. The molecule has 0 atom stereocenters. The van der Waals surface area contributed by atoms with Gasteiger partial charge in [-0.1, -0.05) is 6.07 Å². The van der Waals surface area contributed by atoms with E-state index in [2.05, 4.69) is 44.7 Å². The number of pyridine rings is 1. The summed E-state index contributed by atoms with van der Waals surface area (Å²) in [4.78, 5) is 23.0. The summed E-state index contributed by atoms with van der Waals surface area (Å²) in [5.74, 6) is 2.86. The van der Waals surface area contributed by atoms with E-state index in [1.165, 1.54) is 29.9 Å². The highest BCUT2D eigenvalue weighted by Gasteiger charge is 2.19. The number of rotatable bonds is 8. The van der Waals surface area contributed by atoms with Crippen LogP contribution in [0, 0.1) is 0 Å². The molecule has 1 aromatic rings. The summed E-state index contributed by atoms with van der Waals surface area (Å²) in [6.45, 7) is -0.0290. The zero-order valence-corrected chi connectivity index (χ0v) is 17.5. The van der Waals surface area contributed by atoms with Gasteiger partial charge < -0.3 is 9.30 Å². The molecule has 0 aromatic carbocycles. The maximum atomic E-state index is 11.7. The molecule has 0 amide bonds. The quantitative estimate of drug-likeness (QED) is 0.281. The number of methoxy groups -OCH3 is 1. The first kappa shape index (κ1) is 19.9. The number of hydrogen-bond acceptors (Lipinski definition) is 4. The molecule has 1 heterocycles. The first-order valence-corrected chi connectivity index (χ1v) is 14.8. The van der Waals surface area contributed by atoms with Gasteiger partial charge in [0.1, 0.15) is 6.54 Å². The third kappa shape index (κ3) is 8.47. The number of ether oxygens (including phenoxy) is 1. The maximum absolute atomic E-state index is 11.7. The highest BCUT2D eigenvalue weighted by molar-refractivity contribution is 14.2. The van der Waals surface area contributed by atoms with Crippen molar-refractivity contribution in [2.45, 2.75) is 18.7 Å². The Morgan fingerprint density at radius 1 is 1.36 bits per heavy atom. The van der Waals surface area contributed by atoms with Gasteiger partial charge in [0.2, 0.25) is 0 Å². The molecule has 0 aliphatic heterocycles. The lowest BCUT2D eigenvalue weighted by Gasteiger charge is -2.44. The standard InChI is InChI=1S/C15H26INO3S2/c1-20-15(19)11-17-10-13(6-7-14(17)18)12-21-8-5-9-22(2,3,4)16/h6-7,10,22H,5,8-9,11-12H2,1-4H3. The van der Waals surface area contributed by atoms with E-state index in [1.807, 2.05) is 17.8 Å².